The topological polar surface area (TPSA) is 38.9 Å². The number of furan rings is 1. The van der Waals surface area contributed by atoms with Crippen LogP contribution in [-0.2, 0) is 0 Å². The fourth-order valence-corrected chi connectivity index (χ4v) is 0.856. The molecule has 3 heteroatoms. The monoisotopic (exact) mass is 134 g/mol. The highest BCUT2D eigenvalue weighted by atomic mass is 16.3. The molecular weight excluding hydrogens is 128 g/mol. The van der Waals surface area contributed by atoms with E-state index in [4.69, 9.17) is 4.42 Å². The van der Waals surface area contributed by atoms with Crippen LogP contribution in [0.1, 0.15) is 5.69 Å². The Morgan fingerprint density at radius 2 is 2.30 bits per heavy atom. The van der Waals surface area contributed by atoms with Crippen LogP contribution < -0.4 is 0 Å². The molecule has 2 aromatic rings. The van der Waals surface area contributed by atoms with Gasteiger partial charge < -0.3 is 4.42 Å². The molecule has 0 amide bonds. The summed E-state index contributed by atoms with van der Waals surface area (Å²) in [5.74, 6) is 0. The summed E-state index contributed by atoms with van der Waals surface area (Å²) >= 11 is 0. The minimum atomic E-state index is 0.799. The van der Waals surface area contributed by atoms with Gasteiger partial charge in [-0.05, 0) is 6.92 Å². The van der Waals surface area contributed by atoms with E-state index in [-0.39, 0.29) is 0 Å². The van der Waals surface area contributed by atoms with Crippen LogP contribution in [0.2, 0.25) is 0 Å². The first-order valence-electron chi connectivity index (χ1n) is 3.04. The smallest absolute Gasteiger partial charge is 0.156 e. The molecule has 3 nitrogen and oxygen atoms in total. The summed E-state index contributed by atoms with van der Waals surface area (Å²) in [6.45, 7) is 1.88. The second-order valence-corrected chi connectivity index (χ2v) is 2.16. The first-order chi connectivity index (χ1) is 4.86. The van der Waals surface area contributed by atoms with E-state index < -0.39 is 0 Å². The maximum absolute atomic E-state index is 5.10. The van der Waals surface area contributed by atoms with Crippen LogP contribution in [0.25, 0.3) is 11.1 Å². The van der Waals surface area contributed by atoms with E-state index in [1.54, 1.807) is 12.3 Å². The average Bonchev–Trinajstić information content (AvgIpc) is 2.33. The van der Waals surface area contributed by atoms with Crippen molar-refractivity contribution in [3.05, 3.63) is 24.1 Å². The van der Waals surface area contributed by atoms with E-state index in [0.717, 1.165) is 16.8 Å². The second-order valence-electron chi connectivity index (χ2n) is 2.16. The van der Waals surface area contributed by atoms with Crippen LogP contribution in [0.15, 0.2) is 22.8 Å². The predicted molar refractivity (Wildman–Crippen MR) is 36.5 cm³/mol. The van der Waals surface area contributed by atoms with Crippen molar-refractivity contribution in [2.75, 3.05) is 0 Å². The molecule has 0 radical (unpaired) electrons. The Kier molecular flexibility index (Phi) is 0.974. The lowest BCUT2D eigenvalue weighted by molar-refractivity contribution is 0.614. The number of aromatic nitrogens is 2. The highest BCUT2D eigenvalue weighted by Gasteiger charge is 1.96. The van der Waals surface area contributed by atoms with Gasteiger partial charge in [-0.15, -0.1) is 5.10 Å². The average molecular weight is 134 g/mol. The number of rotatable bonds is 0. The zero-order valence-corrected chi connectivity index (χ0v) is 5.53. The minimum Gasteiger partial charge on any atom is -0.463 e. The van der Waals surface area contributed by atoms with Gasteiger partial charge in [0.1, 0.15) is 5.52 Å². The van der Waals surface area contributed by atoms with Crippen LogP contribution in [-0.4, -0.2) is 10.2 Å². The number of hydrogen-bond donors (Lipinski definition) is 0. The standard InChI is InChI=1S/C7H6N2O/c1-5-4-7-6(9-8-5)2-3-10-7/h2-4H,1H3. The van der Waals surface area contributed by atoms with E-state index in [1.165, 1.54) is 0 Å². The third kappa shape index (κ3) is 0.673. The van der Waals surface area contributed by atoms with Gasteiger partial charge in [-0.25, -0.2) is 0 Å². The highest BCUT2D eigenvalue weighted by molar-refractivity contribution is 5.71. The fraction of sp³-hybridized carbons (Fsp3) is 0.143. The molecule has 10 heavy (non-hydrogen) atoms. The zero-order valence-electron chi connectivity index (χ0n) is 5.53. The molecule has 2 heterocycles. The fourth-order valence-electron chi connectivity index (χ4n) is 0.856. The molecule has 2 aromatic heterocycles. The van der Waals surface area contributed by atoms with E-state index in [2.05, 4.69) is 10.2 Å². The van der Waals surface area contributed by atoms with Gasteiger partial charge in [-0.2, -0.15) is 5.10 Å². The quantitative estimate of drug-likeness (QED) is 0.548. The number of aryl methyl sites for hydroxylation is 1. The SMILES string of the molecule is Cc1cc2occc2nn1. The molecular formula is C7H6N2O. The van der Waals surface area contributed by atoms with Crippen LogP contribution in [0.3, 0.4) is 0 Å². The van der Waals surface area contributed by atoms with Crippen molar-refractivity contribution in [1.29, 1.82) is 0 Å². The molecule has 0 atom stereocenters. The molecule has 0 aliphatic rings. The van der Waals surface area contributed by atoms with Crippen LogP contribution in [0.4, 0.5) is 0 Å². The van der Waals surface area contributed by atoms with Gasteiger partial charge in [0.15, 0.2) is 5.58 Å². The van der Waals surface area contributed by atoms with Gasteiger partial charge >= 0.3 is 0 Å². The Balaban J connectivity index is 2.86. The van der Waals surface area contributed by atoms with Crippen molar-refractivity contribution < 1.29 is 4.42 Å². The summed E-state index contributed by atoms with van der Waals surface area (Å²) in [5, 5.41) is 7.77. The number of nitrogens with zero attached hydrogens (tertiary/aromatic N) is 2. The Labute approximate surface area is 57.7 Å². The third-order valence-corrected chi connectivity index (χ3v) is 1.33. The lowest BCUT2D eigenvalue weighted by Gasteiger charge is -1.86. The summed E-state index contributed by atoms with van der Waals surface area (Å²) in [7, 11) is 0. The van der Waals surface area contributed by atoms with Crippen LogP contribution in [0, 0.1) is 6.92 Å². The Hall–Kier alpha value is -1.38. The number of hydrogen-bond acceptors (Lipinski definition) is 3. The molecule has 50 valence electrons. The Morgan fingerprint density at radius 3 is 3.20 bits per heavy atom. The van der Waals surface area contributed by atoms with Gasteiger partial charge in [0, 0.05) is 12.1 Å². The van der Waals surface area contributed by atoms with E-state index in [0.29, 0.717) is 0 Å². The molecule has 0 bridgehead atoms. The molecule has 0 saturated heterocycles. The summed E-state index contributed by atoms with van der Waals surface area (Å²) < 4.78 is 5.10. The Bertz CT molecular complexity index is 353. The molecule has 0 aliphatic heterocycles. The molecule has 0 spiro atoms. The molecule has 0 unspecified atom stereocenters. The molecule has 0 saturated carbocycles. The summed E-state index contributed by atoms with van der Waals surface area (Å²) in [5.41, 5.74) is 2.49. The van der Waals surface area contributed by atoms with Crippen molar-refractivity contribution in [3.8, 4) is 0 Å². The predicted octanol–water partition coefficient (Wildman–Crippen LogP) is 1.53. The molecule has 0 aromatic carbocycles. The van der Waals surface area contributed by atoms with E-state index in [9.17, 15) is 0 Å². The van der Waals surface area contributed by atoms with Gasteiger partial charge in [0.25, 0.3) is 0 Å². The van der Waals surface area contributed by atoms with Crippen molar-refractivity contribution in [2.45, 2.75) is 6.92 Å². The van der Waals surface area contributed by atoms with Crippen LogP contribution >= 0.6 is 0 Å². The zero-order chi connectivity index (χ0) is 6.97. The Morgan fingerprint density at radius 1 is 1.40 bits per heavy atom. The first-order valence-corrected chi connectivity index (χ1v) is 3.04. The molecule has 0 aliphatic carbocycles. The lowest BCUT2D eigenvalue weighted by Crippen LogP contribution is -1.83. The maximum atomic E-state index is 5.10. The van der Waals surface area contributed by atoms with Crippen molar-refractivity contribution in [3.63, 3.8) is 0 Å². The van der Waals surface area contributed by atoms with Crippen molar-refractivity contribution in [1.82, 2.24) is 10.2 Å². The van der Waals surface area contributed by atoms with Gasteiger partial charge in [-0.3, -0.25) is 0 Å². The van der Waals surface area contributed by atoms with Crippen LogP contribution in [0.5, 0.6) is 0 Å². The van der Waals surface area contributed by atoms with E-state index in [1.807, 2.05) is 13.0 Å². The molecule has 0 N–H and O–H groups in total. The maximum Gasteiger partial charge on any atom is 0.156 e. The molecule has 2 rings (SSSR count). The molecule has 0 fully saturated rings. The van der Waals surface area contributed by atoms with E-state index >= 15 is 0 Å². The minimum absolute atomic E-state index is 0.799. The largest absolute Gasteiger partial charge is 0.463 e. The van der Waals surface area contributed by atoms with Crippen molar-refractivity contribution >= 4 is 11.1 Å². The summed E-state index contributed by atoms with van der Waals surface area (Å²) in [6, 6.07) is 3.66. The second kappa shape index (κ2) is 1.80. The summed E-state index contributed by atoms with van der Waals surface area (Å²) in [6.07, 6.45) is 1.61. The summed E-state index contributed by atoms with van der Waals surface area (Å²) in [4.78, 5) is 0. The van der Waals surface area contributed by atoms with Gasteiger partial charge in [0.2, 0.25) is 0 Å². The van der Waals surface area contributed by atoms with Crippen molar-refractivity contribution in [2.24, 2.45) is 0 Å². The van der Waals surface area contributed by atoms with Gasteiger partial charge in [0.05, 0.1) is 12.0 Å². The number of fused-ring (bicyclic) bond motifs is 1. The lowest BCUT2D eigenvalue weighted by atomic mass is 10.4. The van der Waals surface area contributed by atoms with Gasteiger partial charge in [-0.1, -0.05) is 0 Å². The first kappa shape index (κ1) is 5.41. The normalized spacial score (nSPS) is 10.5. The third-order valence-electron chi connectivity index (χ3n) is 1.33. The highest BCUT2D eigenvalue weighted by Crippen LogP contribution is 2.10.